The lowest BCUT2D eigenvalue weighted by Gasteiger charge is -2.21. The average Bonchev–Trinajstić information content (AvgIpc) is 2.76. The van der Waals surface area contributed by atoms with Crippen molar-refractivity contribution in [2.24, 2.45) is 5.92 Å². The van der Waals surface area contributed by atoms with Crippen molar-refractivity contribution < 1.29 is 4.74 Å². The average molecular weight is 238 g/mol. The van der Waals surface area contributed by atoms with E-state index in [-0.39, 0.29) is 0 Å². The van der Waals surface area contributed by atoms with Crippen LogP contribution < -0.4 is 5.32 Å². The SMILES string of the molecule is CCOCC(NCc1ccn(CC)c1)C(C)C. The van der Waals surface area contributed by atoms with Gasteiger partial charge in [0.1, 0.15) is 0 Å². The fourth-order valence-corrected chi connectivity index (χ4v) is 1.77. The molecule has 0 fully saturated rings. The van der Waals surface area contributed by atoms with Crippen molar-refractivity contribution in [3.63, 3.8) is 0 Å². The maximum absolute atomic E-state index is 5.50. The van der Waals surface area contributed by atoms with E-state index < -0.39 is 0 Å². The van der Waals surface area contributed by atoms with Gasteiger partial charge in [0, 0.05) is 38.1 Å². The van der Waals surface area contributed by atoms with E-state index in [4.69, 9.17) is 4.74 Å². The van der Waals surface area contributed by atoms with E-state index in [0.29, 0.717) is 12.0 Å². The number of aryl methyl sites for hydroxylation is 1. The molecule has 1 rings (SSSR count). The number of nitrogens with one attached hydrogen (secondary N) is 1. The molecule has 1 aromatic rings. The van der Waals surface area contributed by atoms with E-state index in [1.165, 1.54) is 5.56 Å². The molecule has 0 bridgehead atoms. The molecule has 1 N–H and O–H groups in total. The van der Waals surface area contributed by atoms with Gasteiger partial charge >= 0.3 is 0 Å². The molecule has 0 spiro atoms. The van der Waals surface area contributed by atoms with Gasteiger partial charge in [0.25, 0.3) is 0 Å². The number of aromatic nitrogens is 1. The highest BCUT2D eigenvalue weighted by atomic mass is 16.5. The zero-order chi connectivity index (χ0) is 12.7. The largest absolute Gasteiger partial charge is 0.380 e. The van der Waals surface area contributed by atoms with Crippen LogP contribution in [0.25, 0.3) is 0 Å². The summed E-state index contributed by atoms with van der Waals surface area (Å²) in [6.07, 6.45) is 4.33. The summed E-state index contributed by atoms with van der Waals surface area (Å²) in [6, 6.07) is 2.61. The van der Waals surface area contributed by atoms with Crippen LogP contribution in [0.3, 0.4) is 0 Å². The number of hydrogen-bond donors (Lipinski definition) is 1. The Morgan fingerprint density at radius 3 is 2.65 bits per heavy atom. The summed E-state index contributed by atoms with van der Waals surface area (Å²) in [5.41, 5.74) is 1.34. The van der Waals surface area contributed by atoms with Crippen molar-refractivity contribution in [1.29, 1.82) is 0 Å². The topological polar surface area (TPSA) is 26.2 Å². The zero-order valence-corrected chi connectivity index (χ0v) is 11.6. The fraction of sp³-hybridized carbons (Fsp3) is 0.714. The van der Waals surface area contributed by atoms with Crippen LogP contribution in [0.2, 0.25) is 0 Å². The molecule has 1 unspecified atom stereocenters. The molecule has 98 valence electrons. The Kier molecular flexibility index (Phi) is 6.30. The second-order valence-corrected chi connectivity index (χ2v) is 4.74. The maximum atomic E-state index is 5.50. The molecule has 1 heterocycles. The summed E-state index contributed by atoms with van der Waals surface area (Å²) in [5.74, 6) is 0.592. The maximum Gasteiger partial charge on any atom is 0.0622 e. The first-order valence-corrected chi connectivity index (χ1v) is 6.63. The highest BCUT2D eigenvalue weighted by molar-refractivity contribution is 5.10. The molecule has 0 aliphatic rings. The second kappa shape index (κ2) is 7.51. The summed E-state index contributed by atoms with van der Waals surface area (Å²) >= 11 is 0. The molecule has 0 aliphatic heterocycles. The number of ether oxygens (including phenoxy) is 1. The number of hydrogen-bond acceptors (Lipinski definition) is 2. The quantitative estimate of drug-likeness (QED) is 0.753. The zero-order valence-electron chi connectivity index (χ0n) is 11.6. The molecule has 0 radical (unpaired) electrons. The molecule has 0 saturated heterocycles. The van der Waals surface area contributed by atoms with Crippen molar-refractivity contribution in [1.82, 2.24) is 9.88 Å². The van der Waals surface area contributed by atoms with Gasteiger partial charge in [0.15, 0.2) is 0 Å². The first kappa shape index (κ1) is 14.3. The number of rotatable bonds is 8. The van der Waals surface area contributed by atoms with Crippen LogP contribution >= 0.6 is 0 Å². The Hall–Kier alpha value is -0.800. The van der Waals surface area contributed by atoms with E-state index in [1.54, 1.807) is 0 Å². The van der Waals surface area contributed by atoms with Crippen molar-refractivity contribution >= 4 is 0 Å². The minimum absolute atomic E-state index is 0.430. The molecular weight excluding hydrogens is 212 g/mol. The van der Waals surface area contributed by atoms with Crippen LogP contribution in [0.4, 0.5) is 0 Å². The molecule has 1 atom stereocenters. The molecule has 3 heteroatoms. The van der Waals surface area contributed by atoms with Crippen LogP contribution in [0.1, 0.15) is 33.3 Å². The van der Waals surface area contributed by atoms with Gasteiger partial charge < -0.3 is 14.6 Å². The van der Waals surface area contributed by atoms with Gasteiger partial charge in [0.2, 0.25) is 0 Å². The van der Waals surface area contributed by atoms with Crippen LogP contribution in [0, 0.1) is 5.92 Å². The van der Waals surface area contributed by atoms with E-state index in [0.717, 1.165) is 26.3 Å². The minimum atomic E-state index is 0.430. The van der Waals surface area contributed by atoms with Crippen LogP contribution in [-0.2, 0) is 17.8 Å². The van der Waals surface area contributed by atoms with E-state index in [2.05, 4.69) is 49.1 Å². The van der Waals surface area contributed by atoms with Crippen molar-refractivity contribution in [2.75, 3.05) is 13.2 Å². The van der Waals surface area contributed by atoms with Gasteiger partial charge in [-0.05, 0) is 31.4 Å². The van der Waals surface area contributed by atoms with Gasteiger partial charge in [-0.15, -0.1) is 0 Å². The molecule has 0 amide bonds. The smallest absolute Gasteiger partial charge is 0.0622 e. The van der Waals surface area contributed by atoms with Gasteiger partial charge in [-0.2, -0.15) is 0 Å². The highest BCUT2D eigenvalue weighted by Gasteiger charge is 2.12. The van der Waals surface area contributed by atoms with Gasteiger partial charge in [-0.25, -0.2) is 0 Å². The van der Waals surface area contributed by atoms with E-state index >= 15 is 0 Å². The number of nitrogens with zero attached hydrogens (tertiary/aromatic N) is 1. The molecule has 0 saturated carbocycles. The molecule has 3 nitrogen and oxygen atoms in total. The summed E-state index contributed by atoms with van der Waals surface area (Å²) in [4.78, 5) is 0. The molecule has 0 aromatic carbocycles. The third-order valence-electron chi connectivity index (χ3n) is 3.05. The lowest BCUT2D eigenvalue weighted by atomic mass is 10.1. The van der Waals surface area contributed by atoms with Crippen LogP contribution in [0.15, 0.2) is 18.5 Å². The Morgan fingerprint density at radius 1 is 1.35 bits per heavy atom. The summed E-state index contributed by atoms with van der Waals surface area (Å²) in [7, 11) is 0. The molecule has 1 aromatic heterocycles. The van der Waals surface area contributed by atoms with Crippen molar-refractivity contribution in [2.45, 2.75) is 46.8 Å². The summed E-state index contributed by atoms with van der Waals surface area (Å²) in [6.45, 7) is 12.2. The Bertz CT molecular complexity index is 307. The van der Waals surface area contributed by atoms with Gasteiger partial charge in [-0.1, -0.05) is 13.8 Å². The first-order valence-electron chi connectivity index (χ1n) is 6.63. The van der Waals surface area contributed by atoms with Crippen molar-refractivity contribution in [3.05, 3.63) is 24.0 Å². The van der Waals surface area contributed by atoms with E-state index in [9.17, 15) is 0 Å². The van der Waals surface area contributed by atoms with Crippen LogP contribution in [0.5, 0.6) is 0 Å². The Labute approximate surface area is 105 Å². The van der Waals surface area contributed by atoms with Crippen LogP contribution in [-0.4, -0.2) is 23.8 Å². The third kappa shape index (κ3) is 4.92. The molecular formula is C14H26N2O. The lowest BCUT2D eigenvalue weighted by Crippen LogP contribution is -2.37. The third-order valence-corrected chi connectivity index (χ3v) is 3.05. The predicted octanol–water partition coefficient (Wildman–Crippen LogP) is 2.66. The predicted molar refractivity (Wildman–Crippen MR) is 72.1 cm³/mol. The fourth-order valence-electron chi connectivity index (χ4n) is 1.77. The van der Waals surface area contributed by atoms with Crippen molar-refractivity contribution in [3.8, 4) is 0 Å². The summed E-state index contributed by atoms with van der Waals surface area (Å²) < 4.78 is 7.70. The highest BCUT2D eigenvalue weighted by Crippen LogP contribution is 2.06. The standard InChI is InChI=1S/C14H26N2O/c1-5-16-8-7-13(10-16)9-15-14(12(3)4)11-17-6-2/h7-8,10,12,14-15H,5-6,9,11H2,1-4H3. The Morgan fingerprint density at radius 2 is 2.12 bits per heavy atom. The van der Waals surface area contributed by atoms with E-state index in [1.807, 2.05) is 6.92 Å². The van der Waals surface area contributed by atoms with Gasteiger partial charge in [0.05, 0.1) is 6.61 Å². The first-order chi connectivity index (χ1) is 8.17. The molecule has 17 heavy (non-hydrogen) atoms. The lowest BCUT2D eigenvalue weighted by molar-refractivity contribution is 0.108. The second-order valence-electron chi connectivity index (χ2n) is 4.74. The Balaban J connectivity index is 2.40. The monoisotopic (exact) mass is 238 g/mol. The normalized spacial score (nSPS) is 13.2. The summed E-state index contributed by atoms with van der Waals surface area (Å²) in [5, 5.41) is 3.57. The van der Waals surface area contributed by atoms with Gasteiger partial charge in [-0.3, -0.25) is 0 Å². The molecule has 0 aliphatic carbocycles. The minimum Gasteiger partial charge on any atom is -0.380 e.